The molecule has 1 N–H and O–H groups in total. The normalized spacial score (nSPS) is 35.4. The number of hydrogen-bond acceptors (Lipinski definition) is 23. The van der Waals surface area contributed by atoms with E-state index < -0.39 is 153 Å². The van der Waals surface area contributed by atoms with Gasteiger partial charge in [-0.05, 0) is 79.0 Å². The molecule has 7 saturated heterocycles. The summed E-state index contributed by atoms with van der Waals surface area (Å²) >= 11 is 0. The van der Waals surface area contributed by atoms with Gasteiger partial charge in [0.15, 0.2) is 43.5 Å². The van der Waals surface area contributed by atoms with Gasteiger partial charge in [0.1, 0.15) is 43.7 Å². The largest absolute Gasteiger partial charge is 0.463 e. The second kappa shape index (κ2) is 46.6. The van der Waals surface area contributed by atoms with Gasteiger partial charge in [-0.15, -0.1) is 0 Å². The van der Waals surface area contributed by atoms with Gasteiger partial charge < -0.3 is 100 Å². The predicted molar refractivity (Wildman–Crippen MR) is 467 cm³/mol. The van der Waals surface area contributed by atoms with Gasteiger partial charge in [-0.1, -0.05) is 249 Å². The standard InChI is InChI=1S/C100H142N2O23/c1-18-78(113-72(16)104)66(10)90-85(101-84(105)20-3)60(4)51-100(17,125-90)124-87-67(11)80(58-110-71(15)103)115-96(69(87)13)119-86-65(9)79(19-2)114-95(68(86)12)122-91-70(14)97(118-83-59-111-98(123-92(83)91)77-47-35-25-36-48-77)121-89-62(6)64(8)94(117-82(89)57-108-54-75-43-31-23-32-44-75)120-88-61(5)63(7)93(116-81(88)56-107-53-74-41-29-22-30-42-74)109-50-38-26-37-49-102(52-73-39-27-21-28-40-73)99(106)112-55-76-45-33-24-34-46-76/h21-25,27-36,39-48,60-70,78-83,85-98H,18-20,26,37-38,49-59H2,1-17H3,(H,101,105)/t60?,61-,62-,63?,64?,65+,66?,67+,68?,69?,70?,78-,79?,80?,81?,82?,83?,85-,86+,87+,88+,89-,90?,91-,92+,93-,94+,95+,96+,97-,98?,100+/m1/s1. The van der Waals surface area contributed by atoms with Crippen LogP contribution in [0.5, 0.6) is 0 Å². The molecule has 125 heavy (non-hydrogen) atoms. The van der Waals surface area contributed by atoms with Crippen LogP contribution >= 0.6 is 0 Å². The highest BCUT2D eigenvalue weighted by Crippen LogP contribution is 2.49. The number of amides is 2. The molecular weight excluding hydrogens is 1600 g/mol. The Kier molecular flexibility index (Phi) is 36.2. The Bertz CT molecular complexity index is 4050. The minimum atomic E-state index is -1.20. The number of unbranched alkanes of at least 4 members (excludes halogenated alkanes) is 2. The van der Waals surface area contributed by atoms with E-state index in [0.717, 1.165) is 47.1 Å². The molecule has 14 unspecified atom stereocenters. The van der Waals surface area contributed by atoms with Crippen LogP contribution in [-0.4, -0.2) is 191 Å². The first-order chi connectivity index (χ1) is 60.2. The molecule has 5 aromatic rings. The van der Waals surface area contributed by atoms with Crippen LogP contribution in [0.2, 0.25) is 0 Å². The van der Waals surface area contributed by atoms with Crippen molar-refractivity contribution in [3.8, 4) is 0 Å². The Morgan fingerprint density at radius 2 is 0.992 bits per heavy atom. The highest BCUT2D eigenvalue weighted by Gasteiger charge is 2.58. The lowest BCUT2D eigenvalue weighted by Gasteiger charge is -2.54. The lowest BCUT2D eigenvalue weighted by molar-refractivity contribution is -0.398. The molecule has 25 nitrogen and oxygen atoms in total. The van der Waals surface area contributed by atoms with Crippen LogP contribution in [0.1, 0.15) is 197 Å². The third-order valence-electron chi connectivity index (χ3n) is 27.1. The highest BCUT2D eigenvalue weighted by molar-refractivity contribution is 5.76. The molecule has 25 heteroatoms. The fourth-order valence-corrected chi connectivity index (χ4v) is 19.3. The van der Waals surface area contributed by atoms with Crippen LogP contribution in [0.3, 0.4) is 0 Å². The van der Waals surface area contributed by atoms with Crippen molar-refractivity contribution >= 4 is 23.9 Å². The molecule has 0 bridgehead atoms. The zero-order chi connectivity index (χ0) is 89.0. The number of carbonyl (C=O) groups is 4. The van der Waals surface area contributed by atoms with Gasteiger partial charge in [0.05, 0.1) is 87.9 Å². The summed E-state index contributed by atoms with van der Waals surface area (Å²) in [6.45, 7) is 36.6. The Hall–Kier alpha value is -6.86. The summed E-state index contributed by atoms with van der Waals surface area (Å²) in [4.78, 5) is 53.8. The topological polar surface area (TPSA) is 259 Å². The van der Waals surface area contributed by atoms with Gasteiger partial charge >= 0.3 is 18.0 Å². The first kappa shape index (κ1) is 97.2. The predicted octanol–water partition coefficient (Wildman–Crippen LogP) is 16.8. The van der Waals surface area contributed by atoms with Gasteiger partial charge in [-0.3, -0.25) is 14.4 Å². The number of nitrogens with zero attached hydrogens (tertiary/aromatic N) is 1. The molecule has 12 rings (SSSR count). The number of benzene rings is 5. The molecule has 7 fully saturated rings. The van der Waals surface area contributed by atoms with Crippen LogP contribution in [0.25, 0.3) is 0 Å². The molecule has 7 aliphatic heterocycles. The molecule has 5 aromatic carbocycles. The van der Waals surface area contributed by atoms with E-state index in [-0.39, 0.29) is 105 Å². The lowest BCUT2D eigenvalue weighted by Crippen LogP contribution is -2.64. The summed E-state index contributed by atoms with van der Waals surface area (Å²) < 4.78 is 132. The monoisotopic (exact) mass is 1740 g/mol. The van der Waals surface area contributed by atoms with Crippen molar-refractivity contribution in [2.24, 2.45) is 65.1 Å². The minimum Gasteiger partial charge on any atom is -0.463 e. The molecule has 690 valence electrons. The summed E-state index contributed by atoms with van der Waals surface area (Å²) in [5.41, 5.74) is 4.85. The summed E-state index contributed by atoms with van der Waals surface area (Å²) in [6.07, 6.45) is -8.35. The van der Waals surface area contributed by atoms with E-state index in [0.29, 0.717) is 52.2 Å². The highest BCUT2D eigenvalue weighted by atomic mass is 16.8. The van der Waals surface area contributed by atoms with E-state index in [1.165, 1.54) is 13.8 Å². The van der Waals surface area contributed by atoms with E-state index >= 15 is 0 Å². The van der Waals surface area contributed by atoms with Gasteiger partial charge in [-0.2, -0.15) is 0 Å². The van der Waals surface area contributed by atoms with Crippen molar-refractivity contribution in [3.63, 3.8) is 0 Å². The summed E-state index contributed by atoms with van der Waals surface area (Å²) in [5, 5.41) is 3.25. The second-order valence-corrected chi connectivity index (χ2v) is 36.5. The zero-order valence-corrected chi connectivity index (χ0v) is 76.7. The number of rotatable bonds is 39. The average Bonchev–Trinajstić information content (AvgIpc) is 0.760. The second-order valence-electron chi connectivity index (χ2n) is 36.5. The van der Waals surface area contributed by atoms with Crippen molar-refractivity contribution in [2.45, 2.75) is 318 Å². The van der Waals surface area contributed by atoms with Crippen molar-refractivity contribution in [1.29, 1.82) is 0 Å². The molecule has 0 radical (unpaired) electrons. The molecule has 2 amide bonds. The third kappa shape index (κ3) is 25.6. The van der Waals surface area contributed by atoms with E-state index in [4.69, 9.17) is 90.0 Å². The maximum Gasteiger partial charge on any atom is 0.410 e. The van der Waals surface area contributed by atoms with Crippen molar-refractivity contribution in [1.82, 2.24) is 10.2 Å². The molecule has 0 aliphatic carbocycles. The lowest BCUT2D eigenvalue weighted by atomic mass is 9.79. The Balaban J connectivity index is 0.764. The van der Waals surface area contributed by atoms with Gasteiger partial charge in [-0.25, -0.2) is 4.79 Å². The minimum absolute atomic E-state index is 0.0517. The summed E-state index contributed by atoms with van der Waals surface area (Å²) in [5.74, 6) is -5.12. The molecular formula is C100H142N2O23. The van der Waals surface area contributed by atoms with Crippen LogP contribution in [0, 0.1) is 65.1 Å². The molecule has 0 saturated carbocycles. The molecule has 0 aromatic heterocycles. The first-order valence-corrected chi connectivity index (χ1v) is 46.2. The van der Waals surface area contributed by atoms with E-state index in [2.05, 4.69) is 74.6 Å². The van der Waals surface area contributed by atoms with E-state index in [9.17, 15) is 19.2 Å². The van der Waals surface area contributed by atoms with Crippen molar-refractivity contribution < 1.29 is 109 Å². The Labute approximate surface area is 741 Å². The molecule has 0 spiro atoms. The zero-order valence-electron chi connectivity index (χ0n) is 76.7. The Morgan fingerprint density at radius 1 is 0.496 bits per heavy atom. The number of fused-ring (bicyclic) bond motifs is 1. The van der Waals surface area contributed by atoms with Gasteiger partial charge in [0.25, 0.3) is 0 Å². The molecule has 7 aliphatic rings. The SMILES string of the molecule is CCC(=O)N[C@@H]1C(C)C[C@@](C)(O[C@@H]2C(C)[C@H](O[C@@H]3C(C)[C@H](O[C@@H]4C(C)[C@@H](O[C@H]5C(COCc6ccccc6)O[C@@H](O[C@@H]6C(COCc7ccccc7)O[C@@H](OCCCCCN(Cc7ccccc7)C(=O)OCc7ccccc7)C(C)[C@H]6C)C(C)[C@H]5C)OC5COC(c6ccccc6)O[C@@H]54)OC(CC)[C@@H]3C)OC(COC(C)=O)[C@@H]2C)OC1C(C)[C@@H](CC)OC(C)=O. The van der Waals surface area contributed by atoms with Crippen LogP contribution < -0.4 is 5.32 Å². The number of esters is 2. The van der Waals surface area contributed by atoms with Crippen LogP contribution in [0.4, 0.5) is 4.79 Å². The molecule has 32 atom stereocenters. The van der Waals surface area contributed by atoms with E-state index in [1.54, 1.807) is 4.90 Å². The average molecular weight is 1740 g/mol. The van der Waals surface area contributed by atoms with Gasteiger partial charge in [0, 0.05) is 99.3 Å². The smallest absolute Gasteiger partial charge is 0.410 e. The molecule has 7 heterocycles. The fraction of sp³-hybridized carbons (Fsp3) is 0.660. The van der Waals surface area contributed by atoms with Crippen LogP contribution in [-0.2, 0) is 131 Å². The first-order valence-electron chi connectivity index (χ1n) is 46.2. The van der Waals surface area contributed by atoms with E-state index in [1.807, 2.05) is 186 Å². The quantitative estimate of drug-likeness (QED) is 0.0218. The van der Waals surface area contributed by atoms with Crippen LogP contribution in [0.15, 0.2) is 152 Å². The third-order valence-corrected chi connectivity index (χ3v) is 27.1. The number of ether oxygens (including phenoxy) is 19. The Morgan fingerprint density at radius 3 is 1.56 bits per heavy atom. The summed E-state index contributed by atoms with van der Waals surface area (Å²) in [7, 11) is 0. The van der Waals surface area contributed by atoms with Crippen molar-refractivity contribution in [3.05, 3.63) is 179 Å². The number of carbonyl (C=O) groups excluding carboxylic acids is 4. The maximum absolute atomic E-state index is 13.6. The van der Waals surface area contributed by atoms with Gasteiger partial charge in [0.2, 0.25) is 5.91 Å². The number of hydrogen-bond donors (Lipinski definition) is 1. The fourth-order valence-electron chi connectivity index (χ4n) is 19.3. The summed E-state index contributed by atoms with van der Waals surface area (Å²) in [6, 6.07) is 49.4. The maximum atomic E-state index is 13.6. The van der Waals surface area contributed by atoms with Crippen molar-refractivity contribution in [2.75, 3.05) is 39.6 Å². The number of nitrogens with one attached hydrogen (secondary N) is 1.